The van der Waals surface area contributed by atoms with E-state index in [9.17, 15) is 0 Å². The van der Waals surface area contributed by atoms with Crippen LogP contribution < -0.4 is 15.2 Å². The van der Waals surface area contributed by atoms with Gasteiger partial charge in [-0.25, -0.2) is 0 Å². The highest BCUT2D eigenvalue weighted by atomic mass is 16.5. The summed E-state index contributed by atoms with van der Waals surface area (Å²) in [6.45, 7) is 0. The third kappa shape index (κ3) is 2.94. The van der Waals surface area contributed by atoms with E-state index in [0.717, 1.165) is 22.6 Å². The highest BCUT2D eigenvalue weighted by Crippen LogP contribution is 2.28. The molecule has 0 amide bonds. The molecular formula is C17H19NO2. The molecular weight excluding hydrogens is 250 g/mol. The number of rotatable bonds is 5. The molecule has 2 aromatic carbocycles. The van der Waals surface area contributed by atoms with Crippen molar-refractivity contribution in [3.8, 4) is 11.5 Å². The van der Waals surface area contributed by atoms with Crippen molar-refractivity contribution in [3.05, 3.63) is 59.7 Å². The van der Waals surface area contributed by atoms with Crippen LogP contribution in [0, 0.1) is 0 Å². The molecule has 3 nitrogen and oxygen atoms in total. The van der Waals surface area contributed by atoms with E-state index in [1.54, 1.807) is 7.11 Å². The molecule has 0 heterocycles. The van der Waals surface area contributed by atoms with Crippen LogP contribution in [0.4, 0.5) is 0 Å². The molecule has 3 heteroatoms. The Kier molecular flexibility index (Phi) is 3.61. The number of nitrogens with two attached hydrogens (primary N) is 1. The van der Waals surface area contributed by atoms with Crippen molar-refractivity contribution in [2.45, 2.75) is 25.0 Å². The van der Waals surface area contributed by atoms with Crippen LogP contribution in [0.15, 0.2) is 48.5 Å². The summed E-state index contributed by atoms with van der Waals surface area (Å²) in [5.74, 6) is 1.77. The first-order valence-corrected chi connectivity index (χ1v) is 6.92. The molecule has 0 saturated heterocycles. The lowest BCUT2D eigenvalue weighted by Gasteiger charge is -2.14. The lowest BCUT2D eigenvalue weighted by Crippen LogP contribution is -2.11. The van der Waals surface area contributed by atoms with Gasteiger partial charge in [-0.1, -0.05) is 24.3 Å². The van der Waals surface area contributed by atoms with Gasteiger partial charge in [-0.3, -0.25) is 0 Å². The van der Waals surface area contributed by atoms with Gasteiger partial charge in [0.2, 0.25) is 0 Å². The van der Waals surface area contributed by atoms with Gasteiger partial charge >= 0.3 is 0 Å². The van der Waals surface area contributed by atoms with Crippen molar-refractivity contribution in [1.29, 1.82) is 0 Å². The van der Waals surface area contributed by atoms with Crippen molar-refractivity contribution in [2.75, 3.05) is 7.11 Å². The van der Waals surface area contributed by atoms with Gasteiger partial charge in [0.1, 0.15) is 11.5 Å². The van der Waals surface area contributed by atoms with Gasteiger partial charge < -0.3 is 15.2 Å². The molecule has 1 unspecified atom stereocenters. The van der Waals surface area contributed by atoms with Crippen LogP contribution in [-0.4, -0.2) is 13.2 Å². The number of ether oxygens (including phenoxy) is 2. The lowest BCUT2D eigenvalue weighted by atomic mass is 9.99. The Hall–Kier alpha value is -2.00. The highest BCUT2D eigenvalue weighted by molar-refractivity contribution is 5.37. The van der Waals surface area contributed by atoms with E-state index in [1.807, 2.05) is 48.5 Å². The van der Waals surface area contributed by atoms with Crippen molar-refractivity contribution in [1.82, 2.24) is 0 Å². The summed E-state index contributed by atoms with van der Waals surface area (Å²) >= 11 is 0. The largest absolute Gasteiger partial charge is 0.497 e. The van der Waals surface area contributed by atoms with Gasteiger partial charge in [-0.2, -0.15) is 0 Å². The molecule has 1 saturated carbocycles. The van der Waals surface area contributed by atoms with E-state index in [2.05, 4.69) is 0 Å². The number of benzene rings is 2. The van der Waals surface area contributed by atoms with E-state index in [-0.39, 0.29) is 6.04 Å². The molecule has 2 aromatic rings. The second-order valence-corrected chi connectivity index (χ2v) is 5.14. The lowest BCUT2D eigenvalue weighted by molar-refractivity contribution is 0.303. The molecule has 2 N–H and O–H groups in total. The Morgan fingerprint density at radius 1 is 0.900 bits per heavy atom. The monoisotopic (exact) mass is 269 g/mol. The third-order valence-corrected chi connectivity index (χ3v) is 3.54. The predicted molar refractivity (Wildman–Crippen MR) is 79.1 cm³/mol. The summed E-state index contributed by atoms with van der Waals surface area (Å²) in [6.07, 6.45) is 2.77. The molecule has 104 valence electrons. The summed E-state index contributed by atoms with van der Waals surface area (Å²) in [5.41, 5.74) is 8.44. The Labute approximate surface area is 119 Å². The average molecular weight is 269 g/mol. The van der Waals surface area contributed by atoms with Crippen LogP contribution in [0.5, 0.6) is 11.5 Å². The molecule has 0 spiro atoms. The van der Waals surface area contributed by atoms with Crippen molar-refractivity contribution < 1.29 is 9.47 Å². The first-order chi connectivity index (χ1) is 9.76. The molecule has 0 aromatic heterocycles. The quantitative estimate of drug-likeness (QED) is 0.906. The minimum atomic E-state index is -0.129. The highest BCUT2D eigenvalue weighted by Gasteiger charge is 2.23. The van der Waals surface area contributed by atoms with E-state index in [4.69, 9.17) is 15.2 Å². The maximum atomic E-state index is 6.29. The van der Waals surface area contributed by atoms with E-state index >= 15 is 0 Å². The fraction of sp³-hybridized carbons (Fsp3) is 0.294. The minimum absolute atomic E-state index is 0.129. The van der Waals surface area contributed by atoms with Gasteiger partial charge in [0.05, 0.1) is 19.3 Å². The van der Waals surface area contributed by atoms with Gasteiger partial charge in [0, 0.05) is 0 Å². The normalized spacial score (nSPS) is 15.7. The smallest absolute Gasteiger partial charge is 0.119 e. The maximum Gasteiger partial charge on any atom is 0.119 e. The molecule has 1 fully saturated rings. The zero-order valence-electron chi connectivity index (χ0n) is 11.6. The molecule has 1 aliphatic rings. The van der Waals surface area contributed by atoms with E-state index in [1.165, 1.54) is 12.8 Å². The molecule has 0 radical (unpaired) electrons. The molecule has 3 rings (SSSR count). The molecule has 1 aliphatic carbocycles. The zero-order valence-corrected chi connectivity index (χ0v) is 11.6. The Bertz CT molecular complexity index is 559. The Balaban J connectivity index is 1.72. The summed E-state index contributed by atoms with van der Waals surface area (Å²) in [6, 6.07) is 15.8. The van der Waals surface area contributed by atoms with E-state index in [0.29, 0.717) is 6.10 Å². The van der Waals surface area contributed by atoms with Crippen LogP contribution in [0.1, 0.15) is 30.0 Å². The predicted octanol–water partition coefficient (Wildman–Crippen LogP) is 3.28. The summed E-state index contributed by atoms with van der Waals surface area (Å²) < 4.78 is 10.9. The first-order valence-electron chi connectivity index (χ1n) is 6.92. The zero-order chi connectivity index (χ0) is 13.9. The van der Waals surface area contributed by atoms with Gasteiger partial charge in [-0.05, 0) is 48.2 Å². The number of hydrogen-bond donors (Lipinski definition) is 1. The van der Waals surface area contributed by atoms with Crippen LogP contribution in [0.25, 0.3) is 0 Å². The summed E-state index contributed by atoms with van der Waals surface area (Å²) in [7, 11) is 1.66. The first kappa shape index (κ1) is 13.0. The topological polar surface area (TPSA) is 44.5 Å². The molecule has 0 bridgehead atoms. The van der Waals surface area contributed by atoms with E-state index < -0.39 is 0 Å². The van der Waals surface area contributed by atoms with Crippen molar-refractivity contribution >= 4 is 0 Å². The van der Waals surface area contributed by atoms with Crippen LogP contribution in [-0.2, 0) is 0 Å². The molecule has 0 aliphatic heterocycles. The molecule has 20 heavy (non-hydrogen) atoms. The summed E-state index contributed by atoms with van der Waals surface area (Å²) in [5, 5.41) is 0. The van der Waals surface area contributed by atoms with Crippen LogP contribution >= 0.6 is 0 Å². The fourth-order valence-electron chi connectivity index (χ4n) is 2.14. The van der Waals surface area contributed by atoms with Crippen LogP contribution in [0.3, 0.4) is 0 Å². The number of hydrogen-bond acceptors (Lipinski definition) is 3. The Morgan fingerprint density at radius 2 is 1.40 bits per heavy atom. The summed E-state index contributed by atoms with van der Waals surface area (Å²) in [4.78, 5) is 0. The van der Waals surface area contributed by atoms with Gasteiger partial charge in [0.25, 0.3) is 0 Å². The maximum absolute atomic E-state index is 6.29. The second kappa shape index (κ2) is 5.55. The van der Waals surface area contributed by atoms with Crippen molar-refractivity contribution in [2.24, 2.45) is 5.73 Å². The average Bonchev–Trinajstić information content (AvgIpc) is 3.31. The fourth-order valence-corrected chi connectivity index (χ4v) is 2.14. The SMILES string of the molecule is COc1ccc(C(N)c2ccc(OC3CC3)cc2)cc1. The Morgan fingerprint density at radius 3 is 1.85 bits per heavy atom. The van der Waals surface area contributed by atoms with Crippen molar-refractivity contribution in [3.63, 3.8) is 0 Å². The van der Waals surface area contributed by atoms with Crippen LogP contribution in [0.2, 0.25) is 0 Å². The standard InChI is InChI=1S/C17H19NO2/c1-19-14-6-2-12(3-7-14)17(18)13-4-8-15(9-5-13)20-16-10-11-16/h2-9,16-17H,10-11,18H2,1H3. The third-order valence-electron chi connectivity index (χ3n) is 3.54. The second-order valence-electron chi connectivity index (χ2n) is 5.14. The van der Waals surface area contributed by atoms with Gasteiger partial charge in [-0.15, -0.1) is 0 Å². The van der Waals surface area contributed by atoms with Gasteiger partial charge in [0.15, 0.2) is 0 Å². The minimum Gasteiger partial charge on any atom is -0.497 e. The molecule has 1 atom stereocenters. The number of methoxy groups -OCH3 is 1.